The number of rotatable bonds is 9. The van der Waals surface area contributed by atoms with Gasteiger partial charge in [-0.2, -0.15) is 0 Å². The van der Waals surface area contributed by atoms with Gasteiger partial charge in [-0.15, -0.1) is 0 Å². The minimum absolute atomic E-state index is 0.0150. The van der Waals surface area contributed by atoms with Gasteiger partial charge in [-0.05, 0) is 51.2 Å². The number of nitrogens with one attached hydrogen (secondary N) is 1. The highest BCUT2D eigenvalue weighted by Gasteiger charge is 2.22. The molecule has 1 fully saturated rings. The molecule has 6 heteroatoms. The fourth-order valence-electron chi connectivity index (χ4n) is 3.48. The molecular formula is C21H35N3O3. The van der Waals surface area contributed by atoms with E-state index < -0.39 is 0 Å². The third-order valence-corrected chi connectivity index (χ3v) is 4.81. The summed E-state index contributed by atoms with van der Waals surface area (Å²) in [6.45, 7) is 10.7. The van der Waals surface area contributed by atoms with Gasteiger partial charge in [0.15, 0.2) is 0 Å². The van der Waals surface area contributed by atoms with Gasteiger partial charge in [-0.25, -0.2) is 4.79 Å². The maximum atomic E-state index is 12.0. The van der Waals surface area contributed by atoms with Gasteiger partial charge in [-0.3, -0.25) is 4.90 Å². The second-order valence-corrected chi connectivity index (χ2v) is 8.13. The summed E-state index contributed by atoms with van der Waals surface area (Å²) in [5, 5.41) is 2.85. The van der Waals surface area contributed by atoms with E-state index in [9.17, 15) is 4.79 Å². The molecule has 0 aliphatic carbocycles. The molecule has 1 N–H and O–H groups in total. The quantitative estimate of drug-likeness (QED) is 0.671. The Morgan fingerprint density at radius 3 is 2.70 bits per heavy atom. The number of hydrogen-bond acceptors (Lipinski definition) is 5. The third-order valence-electron chi connectivity index (χ3n) is 4.81. The fourth-order valence-corrected chi connectivity index (χ4v) is 3.48. The van der Waals surface area contributed by atoms with E-state index in [0.717, 1.165) is 57.8 Å². The lowest BCUT2D eigenvalue weighted by atomic mass is 9.84. The van der Waals surface area contributed by atoms with Crippen molar-refractivity contribution in [3.63, 3.8) is 0 Å². The number of nitrogens with zero attached hydrogens (tertiary/aromatic N) is 2. The van der Waals surface area contributed by atoms with Crippen molar-refractivity contribution in [1.29, 1.82) is 0 Å². The van der Waals surface area contributed by atoms with Crippen LogP contribution in [0, 0.1) is 0 Å². The van der Waals surface area contributed by atoms with E-state index in [1.54, 1.807) is 0 Å². The Morgan fingerprint density at radius 1 is 1.26 bits per heavy atom. The van der Waals surface area contributed by atoms with Crippen LogP contribution in [0.15, 0.2) is 24.3 Å². The standard InChI is InChI=1S/C21H35N3O3/c1-21(2,17-23(3)4)18-8-7-9-19(16-18)27-20(25)22-10-5-6-11-24-12-14-26-15-13-24/h7-9,16H,5-6,10-15,17H2,1-4H3,(H,22,25). The van der Waals surface area contributed by atoms with Crippen LogP contribution in [0.3, 0.4) is 0 Å². The maximum Gasteiger partial charge on any atom is 0.412 e. The summed E-state index contributed by atoms with van der Waals surface area (Å²) in [6, 6.07) is 7.81. The predicted molar refractivity (Wildman–Crippen MR) is 109 cm³/mol. The first kappa shape index (κ1) is 21.7. The number of likely N-dealkylation sites (N-methyl/N-ethyl adjacent to an activating group) is 1. The van der Waals surface area contributed by atoms with Crippen LogP contribution in [-0.2, 0) is 10.2 Å². The van der Waals surface area contributed by atoms with Gasteiger partial charge < -0.3 is 19.7 Å². The molecule has 0 saturated carbocycles. The number of carbonyl (C=O) groups is 1. The average molecular weight is 378 g/mol. The van der Waals surface area contributed by atoms with Crippen LogP contribution in [0.2, 0.25) is 0 Å². The van der Waals surface area contributed by atoms with Crippen molar-refractivity contribution >= 4 is 6.09 Å². The molecule has 2 rings (SSSR count). The van der Waals surface area contributed by atoms with Crippen molar-refractivity contribution in [2.75, 3.05) is 60.0 Å². The van der Waals surface area contributed by atoms with Crippen molar-refractivity contribution in [3.05, 3.63) is 29.8 Å². The number of benzene rings is 1. The zero-order valence-corrected chi connectivity index (χ0v) is 17.3. The van der Waals surface area contributed by atoms with Crippen LogP contribution in [0.4, 0.5) is 4.79 Å². The van der Waals surface area contributed by atoms with Crippen LogP contribution in [0.1, 0.15) is 32.3 Å². The molecule has 0 bridgehead atoms. The van der Waals surface area contributed by atoms with Crippen molar-refractivity contribution < 1.29 is 14.3 Å². The van der Waals surface area contributed by atoms with E-state index >= 15 is 0 Å². The summed E-state index contributed by atoms with van der Waals surface area (Å²) in [5.41, 5.74) is 1.14. The molecule has 152 valence electrons. The number of unbranched alkanes of at least 4 members (excludes halogenated alkanes) is 1. The number of ether oxygens (including phenoxy) is 2. The van der Waals surface area contributed by atoms with E-state index in [1.807, 2.05) is 18.2 Å². The van der Waals surface area contributed by atoms with Crippen molar-refractivity contribution in [2.24, 2.45) is 0 Å². The van der Waals surface area contributed by atoms with Crippen LogP contribution in [0.5, 0.6) is 5.75 Å². The summed E-state index contributed by atoms with van der Waals surface area (Å²) < 4.78 is 10.8. The SMILES string of the molecule is CN(C)CC(C)(C)c1cccc(OC(=O)NCCCCN2CCOCC2)c1. The molecule has 0 atom stereocenters. The van der Waals surface area contributed by atoms with Gasteiger partial charge in [0, 0.05) is 31.6 Å². The van der Waals surface area contributed by atoms with E-state index in [0.29, 0.717) is 12.3 Å². The zero-order chi connectivity index (χ0) is 19.7. The first-order valence-corrected chi connectivity index (χ1v) is 9.88. The Kier molecular flexibility index (Phi) is 8.54. The molecule has 1 aromatic rings. The van der Waals surface area contributed by atoms with Gasteiger partial charge >= 0.3 is 6.09 Å². The second-order valence-electron chi connectivity index (χ2n) is 8.13. The summed E-state index contributed by atoms with van der Waals surface area (Å²) in [6.07, 6.45) is 1.63. The van der Waals surface area contributed by atoms with Crippen LogP contribution in [-0.4, -0.2) is 75.9 Å². The first-order chi connectivity index (χ1) is 12.9. The van der Waals surface area contributed by atoms with E-state index in [2.05, 4.69) is 49.1 Å². The van der Waals surface area contributed by atoms with Gasteiger partial charge in [0.1, 0.15) is 5.75 Å². The molecule has 1 aromatic carbocycles. The highest BCUT2D eigenvalue weighted by atomic mass is 16.6. The zero-order valence-electron chi connectivity index (χ0n) is 17.3. The Bertz CT molecular complexity index is 584. The number of carbonyl (C=O) groups excluding carboxylic acids is 1. The molecule has 1 aliphatic heterocycles. The topological polar surface area (TPSA) is 54.0 Å². The normalized spacial score (nSPS) is 15.7. The van der Waals surface area contributed by atoms with E-state index in [4.69, 9.17) is 9.47 Å². The number of hydrogen-bond donors (Lipinski definition) is 1. The molecule has 1 aliphatic rings. The smallest absolute Gasteiger partial charge is 0.410 e. The van der Waals surface area contributed by atoms with Gasteiger partial charge in [-0.1, -0.05) is 26.0 Å². The lowest BCUT2D eigenvalue weighted by Gasteiger charge is -2.29. The molecular weight excluding hydrogens is 342 g/mol. The summed E-state index contributed by atoms with van der Waals surface area (Å²) in [7, 11) is 4.13. The Balaban J connectivity index is 1.71. The number of amides is 1. The average Bonchev–Trinajstić information content (AvgIpc) is 2.61. The van der Waals surface area contributed by atoms with Gasteiger partial charge in [0.2, 0.25) is 0 Å². The lowest BCUT2D eigenvalue weighted by molar-refractivity contribution is 0.0372. The molecule has 1 saturated heterocycles. The summed E-state index contributed by atoms with van der Waals surface area (Å²) in [5.74, 6) is 0.588. The molecule has 27 heavy (non-hydrogen) atoms. The largest absolute Gasteiger partial charge is 0.412 e. The molecule has 0 spiro atoms. The minimum Gasteiger partial charge on any atom is -0.410 e. The molecule has 1 heterocycles. The predicted octanol–water partition coefficient (Wildman–Crippen LogP) is 2.73. The molecule has 0 unspecified atom stereocenters. The summed E-state index contributed by atoms with van der Waals surface area (Å²) >= 11 is 0. The van der Waals surface area contributed by atoms with E-state index in [-0.39, 0.29) is 11.5 Å². The fraction of sp³-hybridized carbons (Fsp3) is 0.667. The molecule has 0 radical (unpaired) electrons. The highest BCUT2D eigenvalue weighted by molar-refractivity contribution is 5.70. The van der Waals surface area contributed by atoms with E-state index in [1.165, 1.54) is 0 Å². The van der Waals surface area contributed by atoms with Crippen LogP contribution in [0.25, 0.3) is 0 Å². The first-order valence-electron chi connectivity index (χ1n) is 9.88. The second kappa shape index (κ2) is 10.6. The van der Waals surface area contributed by atoms with Crippen LogP contribution >= 0.6 is 0 Å². The van der Waals surface area contributed by atoms with Gasteiger partial charge in [0.25, 0.3) is 0 Å². The van der Waals surface area contributed by atoms with Crippen LogP contribution < -0.4 is 10.1 Å². The highest BCUT2D eigenvalue weighted by Crippen LogP contribution is 2.27. The van der Waals surface area contributed by atoms with Gasteiger partial charge in [0.05, 0.1) is 13.2 Å². The maximum absolute atomic E-state index is 12.0. The van der Waals surface area contributed by atoms with Crippen molar-refractivity contribution in [1.82, 2.24) is 15.1 Å². The van der Waals surface area contributed by atoms with Crippen molar-refractivity contribution in [2.45, 2.75) is 32.1 Å². The Hall–Kier alpha value is -1.63. The Labute approximate surface area is 163 Å². The molecule has 6 nitrogen and oxygen atoms in total. The lowest BCUT2D eigenvalue weighted by Crippen LogP contribution is -2.37. The third kappa shape index (κ3) is 7.87. The monoisotopic (exact) mass is 377 g/mol. The molecule has 0 aromatic heterocycles. The number of morpholine rings is 1. The summed E-state index contributed by atoms with van der Waals surface area (Å²) in [4.78, 5) is 16.6. The molecule has 1 amide bonds. The Morgan fingerprint density at radius 2 is 2.00 bits per heavy atom. The van der Waals surface area contributed by atoms with Crippen molar-refractivity contribution in [3.8, 4) is 5.75 Å². The minimum atomic E-state index is -0.385.